The molecule has 0 radical (unpaired) electrons. The third kappa shape index (κ3) is 3.24. The zero-order valence-corrected chi connectivity index (χ0v) is 8.38. The van der Waals surface area contributed by atoms with Crippen molar-refractivity contribution < 1.29 is 23.4 Å². The van der Waals surface area contributed by atoms with E-state index >= 15 is 0 Å². The van der Waals surface area contributed by atoms with Crippen molar-refractivity contribution in [2.24, 2.45) is 0 Å². The number of carboxylic acid groups (broad SMARTS) is 1. The van der Waals surface area contributed by atoms with Gasteiger partial charge in [0.2, 0.25) is 10.0 Å². The Bertz CT molecular complexity index is 319. The van der Waals surface area contributed by atoms with Gasteiger partial charge in [0, 0.05) is 0 Å². The van der Waals surface area contributed by atoms with Crippen molar-refractivity contribution in [3.63, 3.8) is 0 Å². The van der Waals surface area contributed by atoms with Crippen LogP contribution in [0.3, 0.4) is 0 Å². The highest BCUT2D eigenvalue weighted by molar-refractivity contribution is 7.89. The van der Waals surface area contributed by atoms with E-state index in [-0.39, 0.29) is 6.61 Å². The SMILES string of the molecule is O=C(O)CCS(=O)(=O)NC1(CO)CC1. The molecule has 0 amide bonds. The topological polar surface area (TPSA) is 104 Å². The maximum atomic E-state index is 11.3. The fraction of sp³-hybridized carbons (Fsp3) is 0.857. The number of hydrogen-bond acceptors (Lipinski definition) is 4. The number of aliphatic carboxylic acids is 1. The van der Waals surface area contributed by atoms with Gasteiger partial charge in [-0.2, -0.15) is 0 Å². The van der Waals surface area contributed by atoms with Gasteiger partial charge in [-0.25, -0.2) is 13.1 Å². The summed E-state index contributed by atoms with van der Waals surface area (Å²) in [6, 6.07) is 0. The number of carbonyl (C=O) groups is 1. The van der Waals surface area contributed by atoms with Gasteiger partial charge >= 0.3 is 5.97 Å². The summed E-state index contributed by atoms with van der Waals surface area (Å²) < 4.78 is 24.8. The highest BCUT2D eigenvalue weighted by Crippen LogP contribution is 2.35. The zero-order valence-electron chi connectivity index (χ0n) is 7.56. The molecule has 3 N–H and O–H groups in total. The van der Waals surface area contributed by atoms with Crippen LogP contribution in [0.4, 0.5) is 0 Å². The lowest BCUT2D eigenvalue weighted by molar-refractivity contribution is -0.136. The Balaban J connectivity index is 2.46. The molecule has 0 aromatic rings. The summed E-state index contributed by atoms with van der Waals surface area (Å²) in [4.78, 5) is 10.2. The van der Waals surface area contributed by atoms with Crippen LogP contribution in [0.2, 0.25) is 0 Å². The van der Waals surface area contributed by atoms with Gasteiger partial charge in [0.25, 0.3) is 0 Å². The number of sulfonamides is 1. The van der Waals surface area contributed by atoms with Crippen LogP contribution >= 0.6 is 0 Å². The molecule has 1 rings (SSSR count). The van der Waals surface area contributed by atoms with Crippen molar-refractivity contribution in [1.29, 1.82) is 0 Å². The lowest BCUT2D eigenvalue weighted by Crippen LogP contribution is -2.41. The van der Waals surface area contributed by atoms with Crippen LogP contribution in [-0.4, -0.2) is 42.5 Å². The summed E-state index contributed by atoms with van der Waals surface area (Å²) >= 11 is 0. The number of aliphatic hydroxyl groups is 1. The predicted octanol–water partition coefficient (Wildman–Crippen LogP) is -1.09. The first-order chi connectivity index (χ1) is 6.39. The lowest BCUT2D eigenvalue weighted by atomic mass is 10.3. The Kier molecular flexibility index (Phi) is 3.13. The van der Waals surface area contributed by atoms with E-state index in [1.54, 1.807) is 0 Å². The normalized spacial score (nSPS) is 19.2. The largest absolute Gasteiger partial charge is 0.481 e. The maximum Gasteiger partial charge on any atom is 0.304 e. The minimum absolute atomic E-state index is 0.237. The number of rotatable bonds is 6. The lowest BCUT2D eigenvalue weighted by Gasteiger charge is -2.13. The van der Waals surface area contributed by atoms with E-state index in [0.717, 1.165) is 0 Å². The predicted molar refractivity (Wildman–Crippen MR) is 48.2 cm³/mol. The van der Waals surface area contributed by atoms with Crippen LogP contribution in [0.1, 0.15) is 19.3 Å². The molecule has 0 atom stereocenters. The number of hydrogen-bond donors (Lipinski definition) is 3. The van der Waals surface area contributed by atoms with E-state index in [9.17, 15) is 13.2 Å². The molecular weight excluding hydrogens is 210 g/mol. The fourth-order valence-corrected chi connectivity index (χ4v) is 2.52. The van der Waals surface area contributed by atoms with E-state index in [1.165, 1.54) is 0 Å². The maximum absolute atomic E-state index is 11.3. The molecule has 0 aliphatic heterocycles. The van der Waals surface area contributed by atoms with Crippen LogP contribution < -0.4 is 4.72 Å². The Morgan fingerprint density at radius 3 is 2.36 bits per heavy atom. The molecule has 6 nitrogen and oxygen atoms in total. The summed E-state index contributed by atoms with van der Waals surface area (Å²) in [5.74, 6) is -1.59. The first-order valence-electron chi connectivity index (χ1n) is 4.23. The van der Waals surface area contributed by atoms with Crippen molar-refractivity contribution in [3.8, 4) is 0 Å². The molecule has 1 fully saturated rings. The Morgan fingerprint density at radius 2 is 2.00 bits per heavy atom. The summed E-state index contributed by atoms with van der Waals surface area (Å²) in [6.07, 6.45) is 0.794. The van der Waals surface area contributed by atoms with Gasteiger partial charge in [-0.15, -0.1) is 0 Å². The zero-order chi connectivity index (χ0) is 10.8. The average Bonchev–Trinajstić information content (AvgIpc) is 2.82. The first kappa shape index (κ1) is 11.4. The molecule has 14 heavy (non-hydrogen) atoms. The van der Waals surface area contributed by atoms with Crippen molar-refractivity contribution in [1.82, 2.24) is 4.72 Å². The van der Waals surface area contributed by atoms with Gasteiger partial charge in [0.1, 0.15) is 0 Å². The number of nitrogens with one attached hydrogen (secondary N) is 1. The highest BCUT2D eigenvalue weighted by Gasteiger charge is 2.45. The Hall–Kier alpha value is -0.660. The monoisotopic (exact) mass is 223 g/mol. The molecule has 0 saturated heterocycles. The third-order valence-corrected chi connectivity index (χ3v) is 3.60. The summed E-state index contributed by atoms with van der Waals surface area (Å²) in [5, 5.41) is 17.2. The number of aliphatic hydroxyl groups excluding tert-OH is 1. The second kappa shape index (κ2) is 3.84. The van der Waals surface area contributed by atoms with Crippen molar-refractivity contribution in [3.05, 3.63) is 0 Å². The second-order valence-corrected chi connectivity index (χ2v) is 5.34. The van der Waals surface area contributed by atoms with Crippen LogP contribution in [0.25, 0.3) is 0 Å². The molecular formula is C7H13NO5S. The molecule has 0 aromatic heterocycles. The Labute approximate surface area is 82.0 Å². The van der Waals surface area contributed by atoms with Crippen LogP contribution in [-0.2, 0) is 14.8 Å². The molecule has 0 bridgehead atoms. The minimum atomic E-state index is -3.57. The van der Waals surface area contributed by atoms with Crippen molar-refractivity contribution in [2.45, 2.75) is 24.8 Å². The van der Waals surface area contributed by atoms with E-state index in [1.807, 2.05) is 0 Å². The van der Waals surface area contributed by atoms with E-state index < -0.39 is 33.7 Å². The van der Waals surface area contributed by atoms with E-state index in [2.05, 4.69) is 4.72 Å². The quantitative estimate of drug-likeness (QED) is 0.530. The summed E-state index contributed by atoms with van der Waals surface area (Å²) in [7, 11) is -3.57. The molecule has 0 heterocycles. The molecule has 7 heteroatoms. The minimum Gasteiger partial charge on any atom is -0.481 e. The molecule has 0 unspecified atom stereocenters. The molecule has 1 aliphatic carbocycles. The first-order valence-corrected chi connectivity index (χ1v) is 5.89. The van der Waals surface area contributed by atoms with Crippen LogP contribution in [0, 0.1) is 0 Å². The van der Waals surface area contributed by atoms with Gasteiger partial charge < -0.3 is 10.2 Å². The van der Waals surface area contributed by atoms with Crippen molar-refractivity contribution >= 4 is 16.0 Å². The highest BCUT2D eigenvalue weighted by atomic mass is 32.2. The van der Waals surface area contributed by atoms with E-state index in [4.69, 9.17) is 10.2 Å². The smallest absolute Gasteiger partial charge is 0.304 e. The molecule has 1 saturated carbocycles. The summed E-state index contributed by atoms with van der Waals surface area (Å²) in [5.41, 5.74) is -0.711. The van der Waals surface area contributed by atoms with Gasteiger partial charge in [-0.1, -0.05) is 0 Å². The average molecular weight is 223 g/mol. The second-order valence-electron chi connectivity index (χ2n) is 3.50. The third-order valence-electron chi connectivity index (χ3n) is 2.11. The Morgan fingerprint density at radius 1 is 1.43 bits per heavy atom. The molecule has 1 aliphatic rings. The van der Waals surface area contributed by atoms with Gasteiger partial charge in [0.15, 0.2) is 0 Å². The fourth-order valence-electron chi connectivity index (χ4n) is 1.05. The van der Waals surface area contributed by atoms with Gasteiger partial charge in [-0.05, 0) is 12.8 Å². The molecule has 0 aromatic carbocycles. The van der Waals surface area contributed by atoms with Crippen molar-refractivity contribution in [2.75, 3.05) is 12.4 Å². The molecule has 0 spiro atoms. The van der Waals surface area contributed by atoms with Crippen LogP contribution in [0.5, 0.6) is 0 Å². The van der Waals surface area contributed by atoms with E-state index in [0.29, 0.717) is 12.8 Å². The van der Waals surface area contributed by atoms with Gasteiger partial charge in [-0.3, -0.25) is 4.79 Å². The molecule has 82 valence electrons. The van der Waals surface area contributed by atoms with Gasteiger partial charge in [0.05, 0.1) is 24.3 Å². The van der Waals surface area contributed by atoms with Crippen LogP contribution in [0.15, 0.2) is 0 Å². The standard InChI is InChI=1S/C7H13NO5S/c9-5-7(2-3-7)8-14(12,13)4-1-6(10)11/h8-9H,1-5H2,(H,10,11). The number of carboxylic acids is 1. The summed E-state index contributed by atoms with van der Waals surface area (Å²) in [6.45, 7) is -0.237.